The van der Waals surface area contributed by atoms with Crippen molar-refractivity contribution in [2.75, 3.05) is 22.2 Å². The minimum absolute atomic E-state index is 0.0187. The molecular weight excluding hydrogens is 456 g/mol. The molecule has 6 rings (SSSR count). The third kappa shape index (κ3) is 3.88. The van der Waals surface area contributed by atoms with Gasteiger partial charge in [-0.2, -0.15) is 10.1 Å². The summed E-state index contributed by atoms with van der Waals surface area (Å²) in [6.07, 6.45) is 10.8. The lowest BCUT2D eigenvalue weighted by Gasteiger charge is -2.45. The minimum Gasteiger partial charge on any atom is -0.481 e. The van der Waals surface area contributed by atoms with Crippen molar-refractivity contribution in [3.63, 3.8) is 0 Å². The first kappa shape index (κ1) is 22.3. The fourth-order valence-electron chi connectivity index (χ4n) is 5.27. The van der Waals surface area contributed by atoms with Crippen molar-refractivity contribution < 1.29 is 9.53 Å². The number of nitrogens with zero attached hydrogens (tertiary/aromatic N) is 6. The molecule has 2 aliphatic rings. The number of carbonyl (C=O) groups excluding carboxylic acids is 1. The van der Waals surface area contributed by atoms with Crippen LogP contribution in [-0.2, 0) is 4.79 Å². The lowest BCUT2D eigenvalue weighted by molar-refractivity contribution is -0.119. The maximum absolute atomic E-state index is 13.7. The zero-order valence-corrected chi connectivity index (χ0v) is 20.3. The van der Waals surface area contributed by atoms with E-state index in [1.54, 1.807) is 36.7 Å². The summed E-state index contributed by atoms with van der Waals surface area (Å²) in [5.41, 5.74) is 3.15. The van der Waals surface area contributed by atoms with Crippen LogP contribution in [0.4, 0.5) is 28.8 Å². The molecule has 0 saturated heterocycles. The first-order valence-corrected chi connectivity index (χ1v) is 12.3. The van der Waals surface area contributed by atoms with Gasteiger partial charge in [0.25, 0.3) is 5.91 Å². The average Bonchev–Trinajstić information content (AvgIpc) is 3.38. The van der Waals surface area contributed by atoms with Crippen molar-refractivity contribution in [1.82, 2.24) is 25.1 Å². The molecule has 0 radical (unpaired) electrons. The number of pyridine rings is 1. The van der Waals surface area contributed by atoms with E-state index in [0.29, 0.717) is 23.2 Å². The molecule has 1 atom stereocenters. The SMILES string of the molecule is COc1ccc(N2C(=O)[C@@H](C)N(C3CCCCC3)c3nc(Nc4ccc5[nH]ncc5c4)ncc32)cn1. The van der Waals surface area contributed by atoms with Crippen molar-refractivity contribution in [1.29, 1.82) is 0 Å². The smallest absolute Gasteiger partial charge is 0.254 e. The second-order valence-corrected chi connectivity index (χ2v) is 9.31. The molecule has 3 aromatic heterocycles. The number of ether oxygens (including phenoxy) is 1. The summed E-state index contributed by atoms with van der Waals surface area (Å²) in [6.45, 7) is 1.96. The summed E-state index contributed by atoms with van der Waals surface area (Å²) in [5.74, 6) is 1.71. The predicted molar refractivity (Wildman–Crippen MR) is 138 cm³/mol. The molecule has 4 heterocycles. The molecule has 0 unspecified atom stereocenters. The van der Waals surface area contributed by atoms with E-state index in [1.165, 1.54) is 6.42 Å². The molecule has 1 aromatic carbocycles. The lowest BCUT2D eigenvalue weighted by Crippen LogP contribution is -2.55. The van der Waals surface area contributed by atoms with Crippen LogP contribution in [0.25, 0.3) is 10.9 Å². The maximum atomic E-state index is 13.7. The number of fused-ring (bicyclic) bond motifs is 2. The Hall–Kier alpha value is -4.21. The van der Waals surface area contributed by atoms with Gasteiger partial charge < -0.3 is 15.0 Å². The normalized spacial score (nSPS) is 18.4. The molecule has 10 heteroatoms. The van der Waals surface area contributed by atoms with Gasteiger partial charge in [0.1, 0.15) is 11.7 Å². The van der Waals surface area contributed by atoms with Crippen LogP contribution in [0.5, 0.6) is 5.88 Å². The molecule has 4 aromatic rings. The van der Waals surface area contributed by atoms with E-state index in [4.69, 9.17) is 9.72 Å². The molecular formula is C26H28N8O2. The van der Waals surface area contributed by atoms with Gasteiger partial charge in [-0.1, -0.05) is 19.3 Å². The highest BCUT2D eigenvalue weighted by Gasteiger charge is 2.41. The fraction of sp³-hybridized carbons (Fsp3) is 0.346. The Labute approximate surface area is 208 Å². The van der Waals surface area contributed by atoms with Gasteiger partial charge in [0.2, 0.25) is 11.8 Å². The fourth-order valence-corrected chi connectivity index (χ4v) is 5.27. The van der Waals surface area contributed by atoms with E-state index >= 15 is 0 Å². The number of H-pyrrole nitrogens is 1. The summed E-state index contributed by atoms with van der Waals surface area (Å²) in [5, 5.41) is 11.4. The molecule has 184 valence electrons. The lowest BCUT2D eigenvalue weighted by atomic mass is 9.92. The minimum atomic E-state index is -0.368. The van der Waals surface area contributed by atoms with Gasteiger partial charge in [-0.25, -0.2) is 9.97 Å². The quantitative estimate of drug-likeness (QED) is 0.419. The van der Waals surface area contributed by atoms with E-state index < -0.39 is 0 Å². The van der Waals surface area contributed by atoms with Gasteiger partial charge in [0, 0.05) is 23.2 Å². The number of carbonyl (C=O) groups is 1. The Morgan fingerprint density at radius 3 is 2.69 bits per heavy atom. The largest absolute Gasteiger partial charge is 0.481 e. The Morgan fingerprint density at radius 2 is 1.92 bits per heavy atom. The number of benzene rings is 1. The van der Waals surface area contributed by atoms with Crippen molar-refractivity contribution in [3.8, 4) is 5.88 Å². The molecule has 1 saturated carbocycles. The summed E-state index contributed by atoms with van der Waals surface area (Å²) in [7, 11) is 1.57. The van der Waals surface area contributed by atoms with Crippen molar-refractivity contribution in [2.24, 2.45) is 0 Å². The Bertz CT molecular complexity index is 1400. The van der Waals surface area contributed by atoms with Gasteiger partial charge in [0.15, 0.2) is 5.82 Å². The number of rotatable bonds is 5. The Balaban J connectivity index is 1.42. The third-order valence-corrected chi connectivity index (χ3v) is 7.08. The zero-order valence-electron chi connectivity index (χ0n) is 20.3. The van der Waals surface area contributed by atoms with E-state index in [2.05, 4.69) is 30.4 Å². The number of methoxy groups -OCH3 is 1. The average molecular weight is 485 g/mol. The van der Waals surface area contributed by atoms with Crippen LogP contribution in [0.15, 0.2) is 48.9 Å². The van der Waals surface area contributed by atoms with Crippen LogP contribution >= 0.6 is 0 Å². The van der Waals surface area contributed by atoms with Crippen LogP contribution in [0.3, 0.4) is 0 Å². The molecule has 0 bridgehead atoms. The number of hydrogen-bond donors (Lipinski definition) is 2. The highest BCUT2D eigenvalue weighted by atomic mass is 16.5. The van der Waals surface area contributed by atoms with Crippen molar-refractivity contribution >= 4 is 45.6 Å². The molecule has 0 spiro atoms. The van der Waals surface area contributed by atoms with Gasteiger partial charge >= 0.3 is 0 Å². The number of amides is 1. The van der Waals surface area contributed by atoms with E-state index in [-0.39, 0.29) is 18.0 Å². The number of anilines is 5. The van der Waals surface area contributed by atoms with E-state index in [0.717, 1.165) is 48.1 Å². The van der Waals surface area contributed by atoms with Crippen LogP contribution in [0.1, 0.15) is 39.0 Å². The molecule has 1 amide bonds. The molecule has 36 heavy (non-hydrogen) atoms. The second kappa shape index (κ2) is 9.10. The third-order valence-electron chi connectivity index (χ3n) is 7.08. The first-order valence-electron chi connectivity index (χ1n) is 12.3. The molecule has 2 N–H and O–H groups in total. The highest BCUT2D eigenvalue weighted by Crippen LogP contribution is 2.42. The zero-order chi connectivity index (χ0) is 24.6. The number of aromatic nitrogens is 5. The molecule has 1 aliphatic heterocycles. The van der Waals surface area contributed by atoms with Gasteiger partial charge in [-0.15, -0.1) is 0 Å². The van der Waals surface area contributed by atoms with Crippen LogP contribution in [-0.4, -0.2) is 50.2 Å². The van der Waals surface area contributed by atoms with Gasteiger partial charge in [-0.3, -0.25) is 14.8 Å². The van der Waals surface area contributed by atoms with Crippen molar-refractivity contribution in [3.05, 3.63) is 48.9 Å². The Kier molecular flexibility index (Phi) is 5.63. The number of nitrogens with one attached hydrogen (secondary N) is 2. The van der Waals surface area contributed by atoms with Crippen LogP contribution in [0.2, 0.25) is 0 Å². The van der Waals surface area contributed by atoms with E-state index in [1.807, 2.05) is 31.2 Å². The van der Waals surface area contributed by atoms with Crippen molar-refractivity contribution in [2.45, 2.75) is 51.1 Å². The standard InChI is InChI=1S/C26H28N8O2/c1-16-25(35)34(20-9-11-23(36-2)27-14-20)22-15-28-26(30-18-8-10-21-17(12-18)13-29-32-21)31-24(22)33(16)19-6-4-3-5-7-19/h8-16,19H,3-7H2,1-2H3,(H,29,32)(H,28,30,31)/t16-/m1/s1. The number of aromatic amines is 1. The maximum Gasteiger partial charge on any atom is 0.254 e. The monoisotopic (exact) mass is 484 g/mol. The second-order valence-electron chi connectivity index (χ2n) is 9.31. The predicted octanol–water partition coefficient (Wildman–Crippen LogP) is 4.71. The highest BCUT2D eigenvalue weighted by molar-refractivity contribution is 6.09. The molecule has 1 fully saturated rings. The molecule has 1 aliphatic carbocycles. The molecule has 10 nitrogen and oxygen atoms in total. The Morgan fingerprint density at radius 1 is 1.06 bits per heavy atom. The topological polar surface area (TPSA) is 112 Å². The summed E-state index contributed by atoms with van der Waals surface area (Å²) < 4.78 is 5.20. The van der Waals surface area contributed by atoms with Crippen LogP contribution in [0, 0.1) is 0 Å². The first-order chi connectivity index (χ1) is 17.6. The van der Waals surface area contributed by atoms with Gasteiger partial charge in [-0.05, 0) is 44.0 Å². The summed E-state index contributed by atoms with van der Waals surface area (Å²) >= 11 is 0. The van der Waals surface area contributed by atoms with Crippen LogP contribution < -0.4 is 19.9 Å². The van der Waals surface area contributed by atoms with E-state index in [9.17, 15) is 4.79 Å². The number of hydrogen-bond acceptors (Lipinski definition) is 8. The summed E-state index contributed by atoms with van der Waals surface area (Å²) in [4.78, 5) is 31.5. The van der Waals surface area contributed by atoms with Gasteiger partial charge in [0.05, 0.1) is 36.9 Å². The summed E-state index contributed by atoms with van der Waals surface area (Å²) in [6, 6.07) is 9.42.